The normalized spacial score (nSPS) is 16.0. The van der Waals surface area contributed by atoms with Crippen LogP contribution in [0.1, 0.15) is 51.0 Å². The average molecular weight is 493 g/mol. The third-order valence-corrected chi connectivity index (χ3v) is 7.17. The standard InChI is InChI=1S/C32H36N4O/c1-23-12-14-36(20-23)31-17-26(21-35-13-6-9-29(33)22-35)16-30(19-31)34-32(37)27-11-10-24(2)28(18-27)15-25-7-4-3-5-8-25/h3-5,7-8,10-12,14,16-20,29H,6,9,13,15,21-22,33H2,1-2H3,(H,34,37)/t29-/m0/s1. The van der Waals surface area contributed by atoms with Gasteiger partial charge >= 0.3 is 0 Å². The molecule has 0 radical (unpaired) electrons. The van der Waals surface area contributed by atoms with Gasteiger partial charge in [-0.3, -0.25) is 9.69 Å². The zero-order valence-electron chi connectivity index (χ0n) is 21.8. The Bertz CT molecular complexity index is 1370. The Morgan fingerprint density at radius 2 is 1.84 bits per heavy atom. The second-order valence-corrected chi connectivity index (χ2v) is 10.4. The molecule has 1 atom stereocenters. The summed E-state index contributed by atoms with van der Waals surface area (Å²) in [7, 11) is 0. The first-order valence-corrected chi connectivity index (χ1v) is 13.1. The van der Waals surface area contributed by atoms with Gasteiger partial charge in [0.25, 0.3) is 5.91 Å². The van der Waals surface area contributed by atoms with E-state index >= 15 is 0 Å². The molecule has 5 heteroatoms. The molecule has 37 heavy (non-hydrogen) atoms. The molecule has 4 aromatic rings. The minimum Gasteiger partial charge on any atom is -0.327 e. The predicted molar refractivity (Wildman–Crippen MR) is 151 cm³/mol. The number of nitrogens with one attached hydrogen (secondary N) is 1. The van der Waals surface area contributed by atoms with Crippen LogP contribution >= 0.6 is 0 Å². The van der Waals surface area contributed by atoms with Crippen LogP contribution in [0, 0.1) is 13.8 Å². The maximum atomic E-state index is 13.4. The van der Waals surface area contributed by atoms with Gasteiger partial charge in [-0.2, -0.15) is 0 Å². The van der Waals surface area contributed by atoms with E-state index in [4.69, 9.17) is 5.73 Å². The van der Waals surface area contributed by atoms with Crippen molar-refractivity contribution in [2.75, 3.05) is 18.4 Å². The number of carbonyl (C=O) groups excluding carboxylic acids is 1. The molecule has 1 aromatic heterocycles. The molecule has 1 saturated heterocycles. The van der Waals surface area contributed by atoms with E-state index in [1.165, 1.54) is 22.3 Å². The van der Waals surface area contributed by atoms with Crippen LogP contribution < -0.4 is 11.1 Å². The molecule has 2 heterocycles. The topological polar surface area (TPSA) is 63.3 Å². The van der Waals surface area contributed by atoms with Crippen molar-refractivity contribution in [3.8, 4) is 5.69 Å². The molecule has 0 unspecified atom stereocenters. The largest absolute Gasteiger partial charge is 0.327 e. The first kappa shape index (κ1) is 25.0. The second kappa shape index (κ2) is 11.2. The lowest BCUT2D eigenvalue weighted by Gasteiger charge is -2.30. The Hall–Kier alpha value is -3.67. The third-order valence-electron chi connectivity index (χ3n) is 7.17. The number of likely N-dealkylation sites (tertiary alicyclic amines) is 1. The van der Waals surface area contributed by atoms with Crippen molar-refractivity contribution in [2.24, 2.45) is 5.73 Å². The van der Waals surface area contributed by atoms with Gasteiger partial charge in [0.05, 0.1) is 0 Å². The number of piperidine rings is 1. The van der Waals surface area contributed by atoms with Gasteiger partial charge < -0.3 is 15.6 Å². The summed E-state index contributed by atoms with van der Waals surface area (Å²) in [6.45, 7) is 6.96. The first-order valence-electron chi connectivity index (χ1n) is 13.1. The summed E-state index contributed by atoms with van der Waals surface area (Å²) in [5.74, 6) is -0.0962. The van der Waals surface area contributed by atoms with Crippen LogP contribution in [0.4, 0.5) is 5.69 Å². The van der Waals surface area contributed by atoms with Crippen molar-refractivity contribution in [1.29, 1.82) is 0 Å². The molecule has 1 fully saturated rings. The summed E-state index contributed by atoms with van der Waals surface area (Å²) in [6.07, 6.45) is 7.19. The van der Waals surface area contributed by atoms with E-state index in [1.54, 1.807) is 0 Å². The Labute approximate surface area is 219 Å². The van der Waals surface area contributed by atoms with E-state index < -0.39 is 0 Å². The van der Waals surface area contributed by atoms with Crippen LogP contribution in [0.5, 0.6) is 0 Å². The van der Waals surface area contributed by atoms with Crippen molar-refractivity contribution < 1.29 is 4.79 Å². The van der Waals surface area contributed by atoms with Crippen LogP contribution in [-0.4, -0.2) is 34.5 Å². The highest BCUT2D eigenvalue weighted by Gasteiger charge is 2.18. The first-order chi connectivity index (χ1) is 17.9. The molecule has 0 saturated carbocycles. The van der Waals surface area contributed by atoms with E-state index in [1.807, 2.05) is 30.3 Å². The second-order valence-electron chi connectivity index (χ2n) is 10.4. The fraction of sp³-hybridized carbons (Fsp3) is 0.281. The van der Waals surface area contributed by atoms with E-state index in [9.17, 15) is 4.79 Å². The molecule has 0 bridgehead atoms. The van der Waals surface area contributed by atoms with E-state index in [2.05, 4.69) is 83.5 Å². The fourth-order valence-electron chi connectivity index (χ4n) is 5.17. The Morgan fingerprint density at radius 3 is 2.59 bits per heavy atom. The maximum absolute atomic E-state index is 13.4. The molecule has 190 valence electrons. The number of aryl methyl sites for hydroxylation is 2. The molecule has 3 aromatic carbocycles. The van der Waals surface area contributed by atoms with Gasteiger partial charge in [0.1, 0.15) is 0 Å². The van der Waals surface area contributed by atoms with Crippen LogP contribution in [0.15, 0.2) is 85.2 Å². The van der Waals surface area contributed by atoms with Crippen LogP contribution in [-0.2, 0) is 13.0 Å². The molecular formula is C32H36N4O. The number of benzene rings is 3. The minimum absolute atomic E-state index is 0.0962. The number of hydrogen-bond donors (Lipinski definition) is 2. The molecule has 1 amide bonds. The zero-order valence-corrected chi connectivity index (χ0v) is 21.8. The number of amides is 1. The highest BCUT2D eigenvalue weighted by atomic mass is 16.1. The number of hydrogen-bond acceptors (Lipinski definition) is 3. The summed E-state index contributed by atoms with van der Waals surface area (Å²) in [5.41, 5.74) is 14.7. The minimum atomic E-state index is -0.0962. The lowest BCUT2D eigenvalue weighted by atomic mass is 9.98. The van der Waals surface area contributed by atoms with Crippen molar-refractivity contribution in [2.45, 2.75) is 45.7 Å². The van der Waals surface area contributed by atoms with Gasteiger partial charge in [-0.05, 0) is 104 Å². The highest BCUT2D eigenvalue weighted by Crippen LogP contribution is 2.23. The van der Waals surface area contributed by atoms with Gasteiger partial charge in [-0.25, -0.2) is 0 Å². The zero-order chi connectivity index (χ0) is 25.8. The Balaban J connectivity index is 1.40. The smallest absolute Gasteiger partial charge is 0.255 e. The van der Waals surface area contributed by atoms with Gasteiger partial charge in [-0.1, -0.05) is 36.4 Å². The monoisotopic (exact) mass is 492 g/mol. The molecule has 3 N–H and O–H groups in total. The molecule has 1 aliphatic rings. The third kappa shape index (κ3) is 6.37. The van der Waals surface area contributed by atoms with E-state index in [-0.39, 0.29) is 11.9 Å². The number of carbonyl (C=O) groups is 1. The molecule has 5 rings (SSSR count). The summed E-state index contributed by atoms with van der Waals surface area (Å²) >= 11 is 0. The number of nitrogens with zero attached hydrogens (tertiary/aromatic N) is 2. The van der Waals surface area contributed by atoms with Gasteiger partial charge in [0.2, 0.25) is 0 Å². The van der Waals surface area contributed by atoms with Crippen LogP contribution in [0.25, 0.3) is 5.69 Å². The van der Waals surface area contributed by atoms with Crippen molar-refractivity contribution in [3.05, 3.63) is 119 Å². The van der Waals surface area contributed by atoms with Gasteiger partial charge in [-0.15, -0.1) is 0 Å². The number of anilines is 1. The number of nitrogens with two attached hydrogens (primary N) is 1. The van der Waals surface area contributed by atoms with Gasteiger partial charge in [0.15, 0.2) is 0 Å². The lowest BCUT2D eigenvalue weighted by molar-refractivity contribution is 0.102. The van der Waals surface area contributed by atoms with Gasteiger partial charge in [0, 0.05) is 48.5 Å². The van der Waals surface area contributed by atoms with Crippen molar-refractivity contribution >= 4 is 11.6 Å². The molecule has 0 spiro atoms. The number of rotatable bonds is 7. The fourth-order valence-corrected chi connectivity index (χ4v) is 5.17. The summed E-state index contributed by atoms with van der Waals surface area (Å²) < 4.78 is 2.11. The SMILES string of the molecule is Cc1ccn(-c2cc(CN3CCC[C@H](N)C3)cc(NC(=O)c3ccc(C)c(Cc4ccccc4)c3)c2)c1. The maximum Gasteiger partial charge on any atom is 0.255 e. The summed E-state index contributed by atoms with van der Waals surface area (Å²) in [5, 5.41) is 3.18. The van der Waals surface area contributed by atoms with Crippen LogP contribution in [0.3, 0.4) is 0 Å². The predicted octanol–water partition coefficient (Wildman–Crippen LogP) is 5.86. The quantitative estimate of drug-likeness (QED) is 0.340. The molecular weight excluding hydrogens is 456 g/mol. The van der Waals surface area contributed by atoms with Crippen molar-refractivity contribution in [3.63, 3.8) is 0 Å². The summed E-state index contributed by atoms with van der Waals surface area (Å²) in [6, 6.07) is 25.0. The van der Waals surface area contributed by atoms with Crippen LogP contribution in [0.2, 0.25) is 0 Å². The summed E-state index contributed by atoms with van der Waals surface area (Å²) in [4.78, 5) is 15.8. The molecule has 5 nitrogen and oxygen atoms in total. The number of aromatic nitrogens is 1. The van der Waals surface area contributed by atoms with Crippen molar-refractivity contribution in [1.82, 2.24) is 9.47 Å². The Kier molecular flexibility index (Phi) is 7.54. The highest BCUT2D eigenvalue weighted by molar-refractivity contribution is 6.04. The average Bonchev–Trinajstić information content (AvgIpc) is 3.32. The lowest BCUT2D eigenvalue weighted by Crippen LogP contribution is -2.42. The molecule has 0 aliphatic carbocycles. The Morgan fingerprint density at radius 1 is 1.00 bits per heavy atom. The van der Waals surface area contributed by atoms with E-state index in [0.717, 1.165) is 55.8 Å². The molecule has 1 aliphatic heterocycles. The van der Waals surface area contributed by atoms with E-state index in [0.29, 0.717) is 5.56 Å².